The SMILES string of the molecule is Cc1ccc(N(Cc2nc3nc(C)cc(C)n3n2)C(=O)c2ccccc2F)cc1. The molecule has 0 bridgehead atoms. The fourth-order valence-electron chi connectivity index (χ4n) is 3.20. The zero-order chi connectivity index (χ0) is 20.5. The van der Waals surface area contributed by atoms with Crippen molar-refractivity contribution in [1.82, 2.24) is 19.6 Å². The molecular weight excluding hydrogens is 369 g/mol. The molecule has 0 radical (unpaired) electrons. The van der Waals surface area contributed by atoms with Gasteiger partial charge in [-0.3, -0.25) is 4.79 Å². The molecular formula is C22H20FN5O. The molecule has 0 fully saturated rings. The molecule has 0 unspecified atom stereocenters. The summed E-state index contributed by atoms with van der Waals surface area (Å²) in [6.45, 7) is 5.87. The van der Waals surface area contributed by atoms with Crippen LogP contribution in [0.25, 0.3) is 5.78 Å². The Morgan fingerprint density at radius 1 is 1.03 bits per heavy atom. The van der Waals surface area contributed by atoms with Gasteiger partial charge in [-0.2, -0.15) is 4.98 Å². The lowest BCUT2D eigenvalue weighted by atomic mass is 10.1. The fourth-order valence-corrected chi connectivity index (χ4v) is 3.20. The number of hydrogen-bond acceptors (Lipinski definition) is 4. The highest BCUT2D eigenvalue weighted by Crippen LogP contribution is 2.21. The highest BCUT2D eigenvalue weighted by atomic mass is 19.1. The number of amides is 1. The largest absolute Gasteiger partial charge is 0.301 e. The van der Waals surface area contributed by atoms with Crippen molar-refractivity contribution in [2.75, 3.05) is 4.90 Å². The third kappa shape index (κ3) is 3.71. The lowest BCUT2D eigenvalue weighted by Gasteiger charge is -2.22. The Morgan fingerprint density at radius 2 is 1.76 bits per heavy atom. The standard InChI is InChI=1S/C22H20FN5O/c1-14-8-10-17(11-9-14)27(21(29)18-6-4-5-7-19(18)23)13-20-25-22-24-15(2)12-16(3)28(22)26-20/h4-12H,13H2,1-3H3. The van der Waals surface area contributed by atoms with E-state index >= 15 is 0 Å². The molecule has 7 heteroatoms. The van der Waals surface area contributed by atoms with Crippen LogP contribution in [0.5, 0.6) is 0 Å². The van der Waals surface area contributed by atoms with Crippen molar-refractivity contribution in [3.8, 4) is 0 Å². The number of aromatic nitrogens is 4. The highest BCUT2D eigenvalue weighted by Gasteiger charge is 2.23. The minimum Gasteiger partial charge on any atom is -0.301 e. The molecule has 146 valence electrons. The van der Waals surface area contributed by atoms with Crippen LogP contribution in [0.1, 0.15) is 33.1 Å². The van der Waals surface area contributed by atoms with Crippen LogP contribution in [0.3, 0.4) is 0 Å². The fraction of sp³-hybridized carbons (Fsp3) is 0.182. The maximum Gasteiger partial charge on any atom is 0.261 e. The summed E-state index contributed by atoms with van der Waals surface area (Å²) >= 11 is 0. The predicted octanol–water partition coefficient (Wildman–Crippen LogP) is 4.04. The number of aryl methyl sites for hydroxylation is 3. The molecule has 0 spiro atoms. The molecule has 0 aliphatic rings. The number of fused-ring (bicyclic) bond motifs is 1. The molecule has 0 saturated heterocycles. The van der Waals surface area contributed by atoms with E-state index in [-0.39, 0.29) is 12.1 Å². The Balaban J connectivity index is 1.76. The summed E-state index contributed by atoms with van der Waals surface area (Å²) < 4.78 is 15.9. The first kappa shape index (κ1) is 18.7. The van der Waals surface area contributed by atoms with Crippen molar-refractivity contribution < 1.29 is 9.18 Å². The van der Waals surface area contributed by atoms with E-state index in [1.165, 1.54) is 17.0 Å². The van der Waals surface area contributed by atoms with Crippen molar-refractivity contribution in [1.29, 1.82) is 0 Å². The van der Waals surface area contributed by atoms with E-state index in [4.69, 9.17) is 0 Å². The Labute approximate surface area is 167 Å². The molecule has 0 atom stereocenters. The lowest BCUT2D eigenvalue weighted by molar-refractivity contribution is 0.0980. The van der Waals surface area contributed by atoms with E-state index in [2.05, 4.69) is 15.1 Å². The zero-order valence-corrected chi connectivity index (χ0v) is 16.4. The number of carbonyl (C=O) groups excluding carboxylic acids is 1. The van der Waals surface area contributed by atoms with Crippen LogP contribution in [0.2, 0.25) is 0 Å². The zero-order valence-electron chi connectivity index (χ0n) is 16.4. The highest BCUT2D eigenvalue weighted by molar-refractivity contribution is 6.06. The van der Waals surface area contributed by atoms with Gasteiger partial charge >= 0.3 is 0 Å². The minimum atomic E-state index is -0.564. The van der Waals surface area contributed by atoms with Crippen LogP contribution in [0.4, 0.5) is 10.1 Å². The van der Waals surface area contributed by atoms with Gasteiger partial charge in [0.05, 0.1) is 12.1 Å². The molecule has 0 aliphatic carbocycles. The van der Waals surface area contributed by atoms with Crippen molar-refractivity contribution >= 4 is 17.4 Å². The average molecular weight is 389 g/mol. The summed E-state index contributed by atoms with van der Waals surface area (Å²) in [4.78, 5) is 23.5. The van der Waals surface area contributed by atoms with Crippen LogP contribution in [0, 0.1) is 26.6 Å². The van der Waals surface area contributed by atoms with Gasteiger partial charge in [0, 0.05) is 17.1 Å². The van der Waals surface area contributed by atoms with Gasteiger partial charge in [-0.1, -0.05) is 29.8 Å². The second kappa shape index (κ2) is 7.43. The smallest absolute Gasteiger partial charge is 0.261 e. The number of hydrogen-bond donors (Lipinski definition) is 0. The number of rotatable bonds is 4. The number of benzene rings is 2. The van der Waals surface area contributed by atoms with Crippen molar-refractivity contribution in [2.24, 2.45) is 0 Å². The molecule has 0 saturated carbocycles. The molecule has 2 aromatic heterocycles. The summed E-state index contributed by atoms with van der Waals surface area (Å²) in [6, 6.07) is 15.3. The third-order valence-corrected chi connectivity index (χ3v) is 4.66. The molecule has 4 rings (SSSR count). The van der Waals surface area contributed by atoms with Gasteiger partial charge in [0.2, 0.25) is 0 Å². The van der Waals surface area contributed by atoms with Gasteiger partial charge in [-0.25, -0.2) is 13.9 Å². The normalized spacial score (nSPS) is 11.0. The van der Waals surface area contributed by atoms with E-state index in [1.54, 1.807) is 16.6 Å². The van der Waals surface area contributed by atoms with Gasteiger partial charge in [0.1, 0.15) is 5.82 Å². The maximum atomic E-state index is 14.3. The molecule has 0 aliphatic heterocycles. The molecule has 2 aromatic carbocycles. The number of halogens is 1. The van der Waals surface area contributed by atoms with Crippen molar-refractivity contribution in [3.05, 3.63) is 88.8 Å². The molecule has 0 N–H and O–H groups in total. The Bertz CT molecular complexity index is 1200. The Morgan fingerprint density at radius 3 is 2.48 bits per heavy atom. The summed E-state index contributed by atoms with van der Waals surface area (Å²) in [7, 11) is 0. The molecule has 2 heterocycles. The Kier molecular flexibility index (Phi) is 4.80. The van der Waals surface area contributed by atoms with E-state index in [0.29, 0.717) is 17.3 Å². The summed E-state index contributed by atoms with van der Waals surface area (Å²) in [6.07, 6.45) is 0. The van der Waals surface area contributed by atoms with Gasteiger partial charge < -0.3 is 4.90 Å². The first-order valence-electron chi connectivity index (χ1n) is 9.25. The second-order valence-corrected chi connectivity index (χ2v) is 6.99. The van der Waals surface area contributed by atoms with Crippen molar-refractivity contribution in [3.63, 3.8) is 0 Å². The summed E-state index contributed by atoms with van der Waals surface area (Å²) in [5.74, 6) is -0.117. The van der Waals surface area contributed by atoms with Crippen molar-refractivity contribution in [2.45, 2.75) is 27.3 Å². The van der Waals surface area contributed by atoms with E-state index in [9.17, 15) is 9.18 Å². The van der Waals surface area contributed by atoms with Crippen LogP contribution >= 0.6 is 0 Å². The van der Waals surface area contributed by atoms with Crippen LogP contribution in [0.15, 0.2) is 54.6 Å². The molecule has 4 aromatic rings. The van der Waals surface area contributed by atoms with E-state index in [1.807, 2.05) is 51.1 Å². The summed E-state index contributed by atoms with van der Waals surface area (Å²) in [5, 5.41) is 4.49. The van der Waals surface area contributed by atoms with Gasteiger partial charge in [-0.15, -0.1) is 5.10 Å². The van der Waals surface area contributed by atoms with Crippen LogP contribution in [-0.4, -0.2) is 25.5 Å². The maximum absolute atomic E-state index is 14.3. The third-order valence-electron chi connectivity index (χ3n) is 4.66. The average Bonchev–Trinajstić information content (AvgIpc) is 3.10. The first-order chi connectivity index (χ1) is 13.9. The Hall–Kier alpha value is -3.61. The van der Waals surface area contributed by atoms with Crippen LogP contribution < -0.4 is 4.90 Å². The topological polar surface area (TPSA) is 63.4 Å². The number of nitrogens with zero attached hydrogens (tertiary/aromatic N) is 5. The van der Waals surface area contributed by atoms with Gasteiger partial charge in [0.15, 0.2) is 5.82 Å². The predicted molar refractivity (Wildman–Crippen MR) is 108 cm³/mol. The second-order valence-electron chi connectivity index (χ2n) is 6.99. The molecule has 29 heavy (non-hydrogen) atoms. The molecule has 6 nitrogen and oxygen atoms in total. The lowest BCUT2D eigenvalue weighted by Crippen LogP contribution is -2.31. The number of anilines is 1. The van der Waals surface area contributed by atoms with Crippen LogP contribution in [-0.2, 0) is 6.54 Å². The summed E-state index contributed by atoms with van der Waals surface area (Å²) in [5.41, 5.74) is 3.44. The van der Waals surface area contributed by atoms with Gasteiger partial charge in [-0.05, 0) is 51.1 Å². The van der Waals surface area contributed by atoms with E-state index in [0.717, 1.165) is 17.0 Å². The number of carbonyl (C=O) groups is 1. The van der Waals surface area contributed by atoms with E-state index < -0.39 is 11.7 Å². The monoisotopic (exact) mass is 389 g/mol. The minimum absolute atomic E-state index is 0.00184. The molecule has 1 amide bonds. The quantitative estimate of drug-likeness (QED) is 0.529. The van der Waals surface area contributed by atoms with Gasteiger partial charge in [0.25, 0.3) is 11.7 Å². The first-order valence-corrected chi connectivity index (χ1v) is 9.25.